The second-order valence-electron chi connectivity index (χ2n) is 7.73. The van der Waals surface area contributed by atoms with Gasteiger partial charge in [0, 0.05) is 19.1 Å². The molecule has 8 nitrogen and oxygen atoms in total. The van der Waals surface area contributed by atoms with E-state index in [0.29, 0.717) is 37.8 Å². The molecule has 1 aliphatic rings. The van der Waals surface area contributed by atoms with Crippen LogP contribution < -0.4 is 10.2 Å². The fourth-order valence-electron chi connectivity index (χ4n) is 3.31. The van der Waals surface area contributed by atoms with Gasteiger partial charge in [0.25, 0.3) is 0 Å². The summed E-state index contributed by atoms with van der Waals surface area (Å²) in [6.45, 7) is 7.93. The summed E-state index contributed by atoms with van der Waals surface area (Å²) in [5.41, 5.74) is 0. The molecule has 0 spiro atoms. The van der Waals surface area contributed by atoms with Gasteiger partial charge in [-0.15, -0.1) is 0 Å². The third-order valence-corrected chi connectivity index (χ3v) is 5.17. The zero-order chi connectivity index (χ0) is 20.9. The summed E-state index contributed by atoms with van der Waals surface area (Å²) in [6, 6.07) is 0. The van der Waals surface area contributed by atoms with Gasteiger partial charge >= 0.3 is 0 Å². The van der Waals surface area contributed by atoms with E-state index in [4.69, 9.17) is 14.5 Å². The van der Waals surface area contributed by atoms with Gasteiger partial charge in [0.1, 0.15) is 25.5 Å². The highest BCUT2D eigenvalue weighted by Gasteiger charge is 2.23. The first-order chi connectivity index (χ1) is 14.2. The Morgan fingerprint density at radius 3 is 2.38 bits per heavy atom. The number of aliphatic hydroxyl groups excluding tert-OH is 1. The number of ether oxygens (including phenoxy) is 2. The lowest BCUT2D eigenvalue weighted by Gasteiger charge is -2.27. The van der Waals surface area contributed by atoms with E-state index >= 15 is 0 Å². The Labute approximate surface area is 175 Å². The van der Waals surface area contributed by atoms with Crippen LogP contribution in [0.3, 0.4) is 0 Å². The lowest BCUT2D eigenvalue weighted by molar-refractivity contribution is 0.0884. The summed E-state index contributed by atoms with van der Waals surface area (Å²) in [5.74, 6) is 2.07. The molecular weight excluding hydrogens is 370 g/mol. The lowest BCUT2D eigenvalue weighted by atomic mass is 9.89. The van der Waals surface area contributed by atoms with Crippen molar-refractivity contribution in [2.45, 2.75) is 90.7 Å². The minimum absolute atomic E-state index is 0.248. The first kappa shape index (κ1) is 23.8. The fraction of sp³-hybridized carbons (Fsp3) is 0.857. The number of aliphatic hydroxyl groups is 1. The van der Waals surface area contributed by atoms with Crippen LogP contribution in [0, 0.1) is 0 Å². The Hall–Kier alpha value is -1.51. The van der Waals surface area contributed by atoms with Gasteiger partial charge in [-0.3, -0.25) is 4.90 Å². The maximum Gasteiger partial charge on any atom is 0.234 e. The van der Waals surface area contributed by atoms with E-state index in [1.54, 1.807) is 11.8 Å². The van der Waals surface area contributed by atoms with Crippen LogP contribution in [0.15, 0.2) is 0 Å². The normalized spacial score (nSPS) is 16.0. The molecule has 2 rings (SSSR count). The van der Waals surface area contributed by atoms with Crippen LogP contribution in [0.1, 0.15) is 90.3 Å². The molecule has 2 N–H and O–H groups in total. The van der Waals surface area contributed by atoms with Crippen LogP contribution in [-0.2, 0) is 9.47 Å². The monoisotopic (exact) mass is 409 g/mol. The molecule has 1 fully saturated rings. The Morgan fingerprint density at radius 1 is 1.03 bits per heavy atom. The van der Waals surface area contributed by atoms with E-state index in [2.05, 4.69) is 29.1 Å². The molecule has 1 aromatic rings. The Balaban J connectivity index is 2.14. The van der Waals surface area contributed by atoms with Gasteiger partial charge in [-0.05, 0) is 32.6 Å². The van der Waals surface area contributed by atoms with Crippen molar-refractivity contribution in [3.63, 3.8) is 0 Å². The Kier molecular flexibility index (Phi) is 11.2. The number of anilines is 2. The van der Waals surface area contributed by atoms with Gasteiger partial charge in [0.15, 0.2) is 0 Å². The van der Waals surface area contributed by atoms with Gasteiger partial charge in [0.05, 0.1) is 0 Å². The molecule has 1 atom stereocenters. The summed E-state index contributed by atoms with van der Waals surface area (Å²) in [4.78, 5) is 15.6. The number of hydrogen-bond donors (Lipinski definition) is 2. The number of nitrogens with zero attached hydrogens (tertiary/aromatic N) is 4. The molecule has 0 bridgehead atoms. The fourth-order valence-corrected chi connectivity index (χ4v) is 3.31. The van der Waals surface area contributed by atoms with E-state index in [-0.39, 0.29) is 6.73 Å². The molecule has 29 heavy (non-hydrogen) atoms. The molecule has 8 heteroatoms. The second-order valence-corrected chi connectivity index (χ2v) is 7.73. The van der Waals surface area contributed by atoms with Crippen molar-refractivity contribution in [1.29, 1.82) is 0 Å². The quantitative estimate of drug-likeness (QED) is 0.351. The van der Waals surface area contributed by atoms with Gasteiger partial charge in [-0.2, -0.15) is 15.0 Å². The smallest absolute Gasteiger partial charge is 0.234 e. The van der Waals surface area contributed by atoms with Crippen molar-refractivity contribution in [2.24, 2.45) is 0 Å². The highest BCUT2D eigenvalue weighted by molar-refractivity contribution is 5.37. The van der Waals surface area contributed by atoms with Crippen LogP contribution in [0.4, 0.5) is 11.9 Å². The summed E-state index contributed by atoms with van der Waals surface area (Å²) in [6.07, 6.45) is 9.30. The number of aromatic nitrogens is 3. The molecule has 1 aliphatic carbocycles. The largest absolute Gasteiger partial charge is 0.374 e. The van der Waals surface area contributed by atoms with E-state index in [9.17, 15) is 5.11 Å². The molecule has 0 saturated heterocycles. The number of rotatable bonds is 14. The first-order valence-electron chi connectivity index (χ1n) is 11.3. The Morgan fingerprint density at radius 2 is 1.72 bits per heavy atom. The van der Waals surface area contributed by atoms with Crippen molar-refractivity contribution in [2.75, 3.05) is 36.9 Å². The molecule has 0 aliphatic heterocycles. The van der Waals surface area contributed by atoms with Crippen molar-refractivity contribution in [3.05, 3.63) is 5.82 Å². The summed E-state index contributed by atoms with van der Waals surface area (Å²) in [7, 11) is 0. The van der Waals surface area contributed by atoms with Gasteiger partial charge in [-0.25, -0.2) is 0 Å². The molecule has 166 valence electrons. The van der Waals surface area contributed by atoms with Gasteiger partial charge in [0.2, 0.25) is 11.9 Å². The highest BCUT2D eigenvalue weighted by Crippen LogP contribution is 2.31. The minimum atomic E-state index is -0.758. The van der Waals surface area contributed by atoms with Crippen molar-refractivity contribution in [3.8, 4) is 0 Å². The standard InChI is InChI=1S/C21H39N5O3/c1-4-6-13-28-15-22-20-23-19(18-11-9-8-10-12-18)24-21(25-20)26(17(3)27)16-29-14-7-5-2/h17-18,27H,4-16H2,1-3H3,(H,22,23,24,25). The average Bonchev–Trinajstić information content (AvgIpc) is 2.74. The maximum absolute atomic E-state index is 10.3. The molecule has 1 heterocycles. The average molecular weight is 410 g/mol. The first-order valence-corrected chi connectivity index (χ1v) is 11.3. The van der Waals surface area contributed by atoms with Crippen molar-refractivity contribution in [1.82, 2.24) is 15.0 Å². The second kappa shape index (κ2) is 13.7. The minimum Gasteiger partial charge on any atom is -0.374 e. The van der Waals surface area contributed by atoms with Crippen molar-refractivity contribution < 1.29 is 14.6 Å². The summed E-state index contributed by atoms with van der Waals surface area (Å²) in [5, 5.41) is 13.4. The molecule has 1 aromatic heterocycles. The summed E-state index contributed by atoms with van der Waals surface area (Å²) >= 11 is 0. The predicted octanol–water partition coefficient (Wildman–Crippen LogP) is 4.02. The SMILES string of the molecule is CCCCOCNc1nc(C2CCCCC2)nc(N(COCCCC)C(C)O)n1. The maximum atomic E-state index is 10.3. The van der Waals surface area contributed by atoms with E-state index in [1.165, 1.54) is 19.3 Å². The van der Waals surface area contributed by atoms with Crippen LogP contribution in [0.25, 0.3) is 0 Å². The van der Waals surface area contributed by atoms with E-state index in [0.717, 1.165) is 44.3 Å². The molecule has 1 unspecified atom stereocenters. The third kappa shape index (κ3) is 8.40. The predicted molar refractivity (Wildman–Crippen MR) is 115 cm³/mol. The van der Waals surface area contributed by atoms with E-state index in [1.807, 2.05) is 0 Å². The van der Waals surface area contributed by atoms with Crippen LogP contribution >= 0.6 is 0 Å². The lowest BCUT2D eigenvalue weighted by Crippen LogP contribution is -2.37. The molecule has 0 amide bonds. The third-order valence-electron chi connectivity index (χ3n) is 5.17. The topological polar surface area (TPSA) is 92.6 Å². The molecule has 0 aromatic carbocycles. The van der Waals surface area contributed by atoms with Crippen molar-refractivity contribution >= 4 is 11.9 Å². The highest BCUT2D eigenvalue weighted by atomic mass is 16.5. The number of nitrogens with one attached hydrogen (secondary N) is 1. The van der Waals surface area contributed by atoms with Crippen LogP contribution in [0.5, 0.6) is 0 Å². The van der Waals surface area contributed by atoms with Gasteiger partial charge in [-0.1, -0.05) is 46.0 Å². The summed E-state index contributed by atoms with van der Waals surface area (Å²) < 4.78 is 11.3. The zero-order valence-corrected chi connectivity index (χ0v) is 18.4. The van der Waals surface area contributed by atoms with Crippen LogP contribution in [-0.4, -0.2) is 53.0 Å². The number of unbranched alkanes of at least 4 members (excludes halogenated alkanes) is 2. The molecule has 0 radical (unpaired) electrons. The molecular formula is C21H39N5O3. The molecule has 1 saturated carbocycles. The van der Waals surface area contributed by atoms with Crippen LogP contribution in [0.2, 0.25) is 0 Å². The zero-order valence-electron chi connectivity index (χ0n) is 18.4. The van der Waals surface area contributed by atoms with E-state index < -0.39 is 6.23 Å². The van der Waals surface area contributed by atoms with Gasteiger partial charge < -0.3 is 19.9 Å². The number of hydrogen-bond acceptors (Lipinski definition) is 8. The Bertz CT molecular complexity index is 567.